The number of benzene rings is 3. The van der Waals surface area contributed by atoms with Crippen LogP contribution in [-0.2, 0) is 16.1 Å². The second kappa shape index (κ2) is 10.4. The number of aliphatic imine (C=N–C) groups is 1. The minimum atomic E-state index is -0.568. The molecule has 2 amide bonds. The number of carbonyl (C=O) groups excluding carboxylic acids is 2. The molecular formula is C26H25N3O3S. The third kappa shape index (κ3) is 5.81. The van der Waals surface area contributed by atoms with E-state index >= 15 is 0 Å². The second-order valence-electron chi connectivity index (χ2n) is 7.73. The highest BCUT2D eigenvalue weighted by Gasteiger charge is 2.36. The summed E-state index contributed by atoms with van der Waals surface area (Å²) in [7, 11) is 1.61. The van der Waals surface area contributed by atoms with Crippen LogP contribution in [0, 0.1) is 6.92 Å². The molecule has 0 aromatic heterocycles. The molecule has 168 valence electrons. The van der Waals surface area contributed by atoms with Gasteiger partial charge in [0.2, 0.25) is 11.8 Å². The first kappa shape index (κ1) is 22.6. The first-order valence-corrected chi connectivity index (χ1v) is 11.5. The molecule has 33 heavy (non-hydrogen) atoms. The number of amides is 2. The number of carbonyl (C=O) groups is 2. The van der Waals surface area contributed by atoms with Crippen molar-refractivity contribution in [1.29, 1.82) is 0 Å². The molecule has 1 saturated heterocycles. The Morgan fingerprint density at radius 1 is 1.09 bits per heavy atom. The molecule has 1 fully saturated rings. The Kier molecular flexibility index (Phi) is 7.10. The first-order valence-electron chi connectivity index (χ1n) is 10.6. The molecule has 0 bridgehead atoms. The average molecular weight is 460 g/mol. The predicted molar refractivity (Wildman–Crippen MR) is 133 cm³/mol. The van der Waals surface area contributed by atoms with Gasteiger partial charge < -0.3 is 10.1 Å². The molecule has 0 spiro atoms. The number of rotatable bonds is 6. The van der Waals surface area contributed by atoms with E-state index in [1.54, 1.807) is 12.0 Å². The molecule has 3 aromatic rings. The zero-order valence-electron chi connectivity index (χ0n) is 18.5. The number of hydrogen-bond donors (Lipinski definition) is 1. The summed E-state index contributed by atoms with van der Waals surface area (Å²) in [6.45, 7) is 2.36. The third-order valence-corrected chi connectivity index (χ3v) is 6.39. The lowest BCUT2D eigenvalue weighted by Gasteiger charge is -2.32. The number of aryl methyl sites for hydroxylation is 1. The Morgan fingerprint density at radius 2 is 1.85 bits per heavy atom. The number of nitrogens with one attached hydrogen (secondary N) is 1. The van der Waals surface area contributed by atoms with Gasteiger partial charge in [0.25, 0.3) is 0 Å². The van der Waals surface area contributed by atoms with E-state index in [1.807, 2.05) is 85.8 Å². The number of methoxy groups -OCH3 is 1. The molecule has 1 aliphatic rings. The summed E-state index contributed by atoms with van der Waals surface area (Å²) in [5.41, 5.74) is 3.45. The van der Waals surface area contributed by atoms with E-state index in [-0.39, 0.29) is 18.2 Å². The molecule has 1 aliphatic heterocycles. The normalized spacial score (nSPS) is 17.2. The van der Waals surface area contributed by atoms with Gasteiger partial charge in [-0.2, -0.15) is 0 Å². The Bertz CT molecular complexity index is 1160. The topological polar surface area (TPSA) is 71.0 Å². The fourth-order valence-corrected chi connectivity index (χ4v) is 4.57. The van der Waals surface area contributed by atoms with Crippen LogP contribution in [0.3, 0.4) is 0 Å². The van der Waals surface area contributed by atoms with Crippen LogP contribution in [0.15, 0.2) is 83.9 Å². The minimum absolute atomic E-state index is 0.108. The van der Waals surface area contributed by atoms with Gasteiger partial charge >= 0.3 is 0 Å². The molecule has 4 rings (SSSR count). The van der Waals surface area contributed by atoms with Crippen molar-refractivity contribution in [2.75, 3.05) is 12.4 Å². The number of thioether (sulfide) groups is 1. The quantitative estimate of drug-likeness (QED) is 0.552. The summed E-state index contributed by atoms with van der Waals surface area (Å²) in [6.07, 6.45) is 0.108. The number of ether oxygens (including phenoxy) is 1. The Morgan fingerprint density at radius 3 is 2.55 bits per heavy atom. The SMILES string of the molecule is COc1ccc(N=C2SC(C(=O)Nc3cccc(C)c3)CC(=O)N2Cc2ccccc2)cc1. The maximum absolute atomic E-state index is 13.2. The largest absolute Gasteiger partial charge is 0.497 e. The van der Waals surface area contributed by atoms with Crippen molar-refractivity contribution in [2.45, 2.75) is 25.1 Å². The smallest absolute Gasteiger partial charge is 0.238 e. The van der Waals surface area contributed by atoms with E-state index in [2.05, 4.69) is 5.32 Å². The minimum Gasteiger partial charge on any atom is -0.497 e. The van der Waals surface area contributed by atoms with Gasteiger partial charge in [0.05, 0.1) is 19.3 Å². The van der Waals surface area contributed by atoms with Crippen LogP contribution < -0.4 is 10.1 Å². The maximum Gasteiger partial charge on any atom is 0.238 e. The van der Waals surface area contributed by atoms with Crippen LogP contribution >= 0.6 is 11.8 Å². The average Bonchev–Trinajstić information content (AvgIpc) is 2.82. The van der Waals surface area contributed by atoms with Crippen molar-refractivity contribution in [1.82, 2.24) is 4.90 Å². The summed E-state index contributed by atoms with van der Waals surface area (Å²) in [4.78, 5) is 32.5. The summed E-state index contributed by atoms with van der Waals surface area (Å²) >= 11 is 1.31. The second-order valence-corrected chi connectivity index (χ2v) is 8.90. The summed E-state index contributed by atoms with van der Waals surface area (Å²) in [5, 5.41) is 2.87. The molecule has 3 aromatic carbocycles. The maximum atomic E-state index is 13.2. The molecule has 1 atom stereocenters. The fraction of sp³-hybridized carbons (Fsp3) is 0.192. The highest BCUT2D eigenvalue weighted by molar-refractivity contribution is 8.15. The van der Waals surface area contributed by atoms with Gasteiger partial charge in [-0.25, -0.2) is 4.99 Å². The highest BCUT2D eigenvalue weighted by atomic mass is 32.2. The van der Waals surface area contributed by atoms with Crippen LogP contribution in [0.25, 0.3) is 0 Å². The van der Waals surface area contributed by atoms with Gasteiger partial charge in [0, 0.05) is 12.1 Å². The first-order chi connectivity index (χ1) is 16.0. The van der Waals surface area contributed by atoms with Crippen LogP contribution in [0.4, 0.5) is 11.4 Å². The standard InChI is InChI=1S/C26H25N3O3S/c1-18-7-6-10-21(15-18)27-25(31)23-16-24(30)29(17-19-8-4-3-5-9-19)26(33-23)28-20-11-13-22(32-2)14-12-20/h3-15,23H,16-17H2,1-2H3,(H,27,31). The zero-order valence-corrected chi connectivity index (χ0v) is 19.3. The zero-order chi connectivity index (χ0) is 23.2. The van der Waals surface area contributed by atoms with Gasteiger partial charge in [0.15, 0.2) is 5.17 Å². The molecule has 7 heteroatoms. The van der Waals surface area contributed by atoms with E-state index in [9.17, 15) is 9.59 Å². The number of hydrogen-bond acceptors (Lipinski definition) is 5. The molecule has 0 radical (unpaired) electrons. The lowest BCUT2D eigenvalue weighted by Crippen LogP contribution is -2.44. The molecular weight excluding hydrogens is 434 g/mol. The number of nitrogens with zero attached hydrogens (tertiary/aromatic N) is 2. The Labute approximate surface area is 197 Å². The summed E-state index contributed by atoms with van der Waals surface area (Å²) in [6, 6.07) is 24.7. The van der Waals surface area contributed by atoms with E-state index < -0.39 is 5.25 Å². The van der Waals surface area contributed by atoms with Gasteiger partial charge in [-0.05, 0) is 54.4 Å². The Hall–Kier alpha value is -3.58. The van der Waals surface area contributed by atoms with Crippen LogP contribution in [-0.4, -0.2) is 34.2 Å². The van der Waals surface area contributed by atoms with E-state index in [0.29, 0.717) is 23.1 Å². The van der Waals surface area contributed by atoms with Crippen molar-refractivity contribution in [3.8, 4) is 5.75 Å². The van der Waals surface area contributed by atoms with Crippen LogP contribution in [0.5, 0.6) is 5.75 Å². The summed E-state index contributed by atoms with van der Waals surface area (Å²) in [5.74, 6) is 0.387. The third-order valence-electron chi connectivity index (χ3n) is 5.20. The molecule has 0 saturated carbocycles. The lowest BCUT2D eigenvalue weighted by molar-refractivity contribution is -0.129. The highest BCUT2D eigenvalue weighted by Crippen LogP contribution is 2.31. The monoisotopic (exact) mass is 459 g/mol. The molecule has 1 heterocycles. The van der Waals surface area contributed by atoms with Gasteiger partial charge in [-0.15, -0.1) is 0 Å². The van der Waals surface area contributed by atoms with Gasteiger partial charge in [0.1, 0.15) is 11.0 Å². The van der Waals surface area contributed by atoms with E-state index in [0.717, 1.165) is 16.9 Å². The van der Waals surface area contributed by atoms with E-state index in [4.69, 9.17) is 9.73 Å². The van der Waals surface area contributed by atoms with Crippen LogP contribution in [0.1, 0.15) is 17.5 Å². The lowest BCUT2D eigenvalue weighted by atomic mass is 10.2. The predicted octanol–water partition coefficient (Wildman–Crippen LogP) is 5.16. The molecule has 6 nitrogen and oxygen atoms in total. The van der Waals surface area contributed by atoms with Gasteiger partial charge in [-0.1, -0.05) is 54.2 Å². The van der Waals surface area contributed by atoms with Crippen molar-refractivity contribution >= 4 is 40.1 Å². The van der Waals surface area contributed by atoms with Crippen molar-refractivity contribution < 1.29 is 14.3 Å². The fourth-order valence-electron chi connectivity index (χ4n) is 3.48. The summed E-state index contributed by atoms with van der Waals surface area (Å²) < 4.78 is 5.22. The van der Waals surface area contributed by atoms with Crippen molar-refractivity contribution in [3.05, 3.63) is 90.0 Å². The number of anilines is 1. The van der Waals surface area contributed by atoms with Crippen molar-refractivity contribution in [2.24, 2.45) is 4.99 Å². The van der Waals surface area contributed by atoms with Crippen molar-refractivity contribution in [3.63, 3.8) is 0 Å². The molecule has 1 unspecified atom stereocenters. The number of amidine groups is 1. The molecule has 1 N–H and O–H groups in total. The van der Waals surface area contributed by atoms with E-state index in [1.165, 1.54) is 11.8 Å². The Balaban J connectivity index is 1.59. The van der Waals surface area contributed by atoms with Gasteiger partial charge in [-0.3, -0.25) is 14.5 Å². The molecule has 0 aliphatic carbocycles. The van der Waals surface area contributed by atoms with Crippen LogP contribution in [0.2, 0.25) is 0 Å².